The molecule has 1 amide bonds. The standard InChI is InChI=1S/C19H14ClN3OS/c1-12(19(24)23-14-7-6-13(11-21)16(20)10-14)25-18-8-9-22-17-5-3-2-4-15(17)18/h2-10,12H,1H3,(H,23,24). The van der Waals surface area contributed by atoms with Gasteiger partial charge in [-0.05, 0) is 37.3 Å². The topological polar surface area (TPSA) is 65.8 Å². The van der Waals surface area contributed by atoms with E-state index >= 15 is 0 Å². The highest BCUT2D eigenvalue weighted by molar-refractivity contribution is 8.00. The zero-order chi connectivity index (χ0) is 17.8. The third kappa shape index (κ3) is 3.93. The SMILES string of the molecule is CC(Sc1ccnc2ccccc12)C(=O)Nc1ccc(C#N)c(Cl)c1. The maximum Gasteiger partial charge on any atom is 0.237 e. The first-order valence-electron chi connectivity index (χ1n) is 7.59. The molecular weight excluding hydrogens is 354 g/mol. The summed E-state index contributed by atoms with van der Waals surface area (Å²) in [5.41, 5.74) is 1.85. The van der Waals surface area contributed by atoms with Crippen LogP contribution in [-0.4, -0.2) is 16.1 Å². The van der Waals surface area contributed by atoms with Crippen molar-refractivity contribution in [2.75, 3.05) is 5.32 Å². The number of benzene rings is 2. The molecular formula is C19H14ClN3OS. The zero-order valence-electron chi connectivity index (χ0n) is 13.4. The summed E-state index contributed by atoms with van der Waals surface area (Å²) in [4.78, 5) is 17.8. The fraction of sp³-hybridized carbons (Fsp3) is 0.105. The van der Waals surface area contributed by atoms with Crippen LogP contribution in [-0.2, 0) is 4.79 Å². The predicted octanol–water partition coefficient (Wildman–Crippen LogP) is 4.88. The van der Waals surface area contributed by atoms with Crippen LogP contribution in [0, 0.1) is 11.3 Å². The highest BCUT2D eigenvalue weighted by atomic mass is 35.5. The quantitative estimate of drug-likeness (QED) is 0.667. The molecule has 0 saturated carbocycles. The summed E-state index contributed by atoms with van der Waals surface area (Å²) in [6.45, 7) is 1.85. The Kier molecular flexibility index (Phi) is 5.22. The van der Waals surface area contributed by atoms with Crippen LogP contribution in [0.1, 0.15) is 12.5 Å². The second-order valence-corrected chi connectivity index (χ2v) is 7.17. The number of fused-ring (bicyclic) bond motifs is 1. The van der Waals surface area contributed by atoms with Crippen molar-refractivity contribution >= 4 is 45.9 Å². The van der Waals surface area contributed by atoms with E-state index in [0.29, 0.717) is 16.3 Å². The third-order valence-corrected chi connectivity index (χ3v) is 5.13. The highest BCUT2D eigenvalue weighted by Gasteiger charge is 2.16. The van der Waals surface area contributed by atoms with Crippen molar-refractivity contribution < 1.29 is 4.79 Å². The Bertz CT molecular complexity index is 979. The van der Waals surface area contributed by atoms with E-state index < -0.39 is 0 Å². The van der Waals surface area contributed by atoms with Crippen LogP contribution in [0.15, 0.2) is 59.6 Å². The van der Waals surface area contributed by atoms with E-state index in [-0.39, 0.29) is 11.2 Å². The predicted molar refractivity (Wildman–Crippen MR) is 102 cm³/mol. The number of nitrogens with zero attached hydrogens (tertiary/aromatic N) is 2. The number of pyridine rings is 1. The molecule has 0 spiro atoms. The number of nitriles is 1. The van der Waals surface area contributed by atoms with Gasteiger partial charge in [-0.1, -0.05) is 29.8 Å². The molecule has 0 fully saturated rings. The normalized spacial score (nSPS) is 11.7. The van der Waals surface area contributed by atoms with Gasteiger partial charge < -0.3 is 5.32 Å². The van der Waals surface area contributed by atoms with Crippen molar-refractivity contribution in [3.05, 3.63) is 65.3 Å². The number of nitrogens with one attached hydrogen (secondary N) is 1. The van der Waals surface area contributed by atoms with Crippen molar-refractivity contribution in [3.8, 4) is 6.07 Å². The monoisotopic (exact) mass is 367 g/mol. The summed E-state index contributed by atoms with van der Waals surface area (Å²) in [6.07, 6.45) is 1.75. The van der Waals surface area contributed by atoms with E-state index in [1.54, 1.807) is 24.4 Å². The van der Waals surface area contributed by atoms with E-state index in [9.17, 15) is 4.79 Å². The van der Waals surface area contributed by atoms with Gasteiger partial charge in [0.15, 0.2) is 0 Å². The summed E-state index contributed by atoms with van der Waals surface area (Å²) in [7, 11) is 0. The van der Waals surface area contributed by atoms with Gasteiger partial charge in [-0.15, -0.1) is 11.8 Å². The van der Waals surface area contributed by atoms with Crippen LogP contribution < -0.4 is 5.32 Å². The number of hydrogen-bond donors (Lipinski definition) is 1. The molecule has 0 aliphatic rings. The number of rotatable bonds is 4. The number of hydrogen-bond acceptors (Lipinski definition) is 4. The van der Waals surface area contributed by atoms with Gasteiger partial charge in [-0.3, -0.25) is 9.78 Å². The van der Waals surface area contributed by atoms with Crippen molar-refractivity contribution in [1.82, 2.24) is 4.98 Å². The first kappa shape index (κ1) is 17.3. The number of carbonyl (C=O) groups is 1. The molecule has 0 bridgehead atoms. The molecule has 0 radical (unpaired) electrons. The molecule has 0 aliphatic carbocycles. The zero-order valence-corrected chi connectivity index (χ0v) is 14.9. The van der Waals surface area contributed by atoms with Gasteiger partial charge in [-0.2, -0.15) is 5.26 Å². The van der Waals surface area contributed by atoms with Gasteiger partial charge in [-0.25, -0.2) is 0 Å². The molecule has 1 aromatic heterocycles. The molecule has 124 valence electrons. The van der Waals surface area contributed by atoms with E-state index in [0.717, 1.165) is 15.8 Å². The molecule has 1 unspecified atom stereocenters. The van der Waals surface area contributed by atoms with E-state index in [4.69, 9.17) is 16.9 Å². The maximum atomic E-state index is 12.5. The summed E-state index contributed by atoms with van der Waals surface area (Å²) in [5.74, 6) is -0.133. The van der Waals surface area contributed by atoms with Gasteiger partial charge in [0.05, 0.1) is 21.4 Å². The van der Waals surface area contributed by atoms with E-state index in [2.05, 4.69) is 10.3 Å². The van der Waals surface area contributed by atoms with Crippen LogP contribution in [0.4, 0.5) is 5.69 Å². The molecule has 3 aromatic rings. The Morgan fingerprint density at radius 2 is 2.08 bits per heavy atom. The molecule has 1 N–H and O–H groups in total. The summed E-state index contributed by atoms with van der Waals surface area (Å²) in [6, 6.07) is 16.6. The van der Waals surface area contributed by atoms with Crippen molar-refractivity contribution in [2.45, 2.75) is 17.1 Å². The molecule has 2 aromatic carbocycles. The number of thioether (sulfide) groups is 1. The Labute approximate surface area is 154 Å². The smallest absolute Gasteiger partial charge is 0.237 e. The van der Waals surface area contributed by atoms with Crippen LogP contribution in [0.3, 0.4) is 0 Å². The first-order valence-corrected chi connectivity index (χ1v) is 8.85. The second kappa shape index (κ2) is 7.56. The number of amides is 1. The van der Waals surface area contributed by atoms with Crippen molar-refractivity contribution in [3.63, 3.8) is 0 Å². The van der Waals surface area contributed by atoms with Gasteiger partial charge in [0.1, 0.15) is 6.07 Å². The molecule has 1 atom stereocenters. The highest BCUT2D eigenvalue weighted by Crippen LogP contribution is 2.30. The molecule has 4 nitrogen and oxygen atoms in total. The first-order chi connectivity index (χ1) is 12.1. The van der Waals surface area contributed by atoms with Crippen LogP contribution in [0.2, 0.25) is 5.02 Å². The molecule has 3 rings (SSSR count). The average molecular weight is 368 g/mol. The molecule has 1 heterocycles. The van der Waals surface area contributed by atoms with E-state index in [1.165, 1.54) is 11.8 Å². The molecule has 0 aliphatic heterocycles. The Morgan fingerprint density at radius 3 is 2.84 bits per heavy atom. The number of carbonyl (C=O) groups excluding carboxylic acids is 1. The Hall–Kier alpha value is -2.55. The second-order valence-electron chi connectivity index (χ2n) is 5.38. The molecule has 6 heteroatoms. The summed E-state index contributed by atoms with van der Waals surface area (Å²) in [5, 5.41) is 12.8. The lowest BCUT2D eigenvalue weighted by molar-refractivity contribution is -0.115. The number of para-hydroxylation sites is 1. The summed E-state index contributed by atoms with van der Waals surface area (Å²) >= 11 is 7.48. The lowest BCUT2D eigenvalue weighted by Crippen LogP contribution is -2.22. The molecule has 25 heavy (non-hydrogen) atoms. The van der Waals surface area contributed by atoms with Gasteiger partial charge in [0.2, 0.25) is 5.91 Å². The number of aromatic nitrogens is 1. The average Bonchev–Trinajstić information content (AvgIpc) is 2.62. The Morgan fingerprint density at radius 1 is 1.28 bits per heavy atom. The van der Waals surface area contributed by atoms with Crippen LogP contribution in [0.5, 0.6) is 0 Å². The lowest BCUT2D eigenvalue weighted by atomic mass is 10.2. The molecule has 0 saturated heterocycles. The maximum absolute atomic E-state index is 12.5. The fourth-order valence-corrected chi connectivity index (χ4v) is 3.55. The largest absolute Gasteiger partial charge is 0.325 e. The minimum absolute atomic E-state index is 0.133. The van der Waals surface area contributed by atoms with Gasteiger partial charge in [0, 0.05) is 22.2 Å². The fourth-order valence-electron chi connectivity index (χ4n) is 2.34. The minimum atomic E-state index is -0.305. The van der Waals surface area contributed by atoms with Gasteiger partial charge in [0.25, 0.3) is 0 Å². The Balaban J connectivity index is 1.74. The number of anilines is 1. The van der Waals surface area contributed by atoms with Crippen molar-refractivity contribution in [2.24, 2.45) is 0 Å². The van der Waals surface area contributed by atoms with E-state index in [1.807, 2.05) is 43.3 Å². The third-order valence-electron chi connectivity index (χ3n) is 3.64. The van der Waals surface area contributed by atoms with Crippen molar-refractivity contribution in [1.29, 1.82) is 5.26 Å². The van der Waals surface area contributed by atoms with Gasteiger partial charge >= 0.3 is 0 Å². The van der Waals surface area contributed by atoms with Crippen LogP contribution in [0.25, 0.3) is 10.9 Å². The lowest BCUT2D eigenvalue weighted by Gasteiger charge is -2.13. The minimum Gasteiger partial charge on any atom is -0.325 e. The summed E-state index contributed by atoms with van der Waals surface area (Å²) < 4.78 is 0. The number of halogens is 1. The van der Waals surface area contributed by atoms with Crippen LogP contribution >= 0.6 is 23.4 Å².